The van der Waals surface area contributed by atoms with Crippen molar-refractivity contribution >= 4 is 37.3 Å². The Kier molecular flexibility index (Phi) is 5.20. The molecule has 0 aliphatic heterocycles. The standard InChI is InChI=1S/C13H14BrNO3S2/c1-2-18-11-5-3-4-10(8-11)9-15-20(16,17)13-7-6-12(14)19-13/h3-8,15H,2,9H2,1H3. The molecule has 108 valence electrons. The Hall–Kier alpha value is -0.890. The molecule has 1 aromatic carbocycles. The van der Waals surface area contributed by atoms with Crippen LogP contribution < -0.4 is 9.46 Å². The molecule has 0 unspecified atom stereocenters. The van der Waals surface area contributed by atoms with Crippen LogP contribution in [0.25, 0.3) is 0 Å². The second-order valence-electron chi connectivity index (χ2n) is 3.96. The molecule has 0 aliphatic rings. The van der Waals surface area contributed by atoms with Gasteiger partial charge in [-0.05, 0) is 52.7 Å². The summed E-state index contributed by atoms with van der Waals surface area (Å²) in [5, 5.41) is 0. The molecule has 7 heteroatoms. The third-order valence-corrected chi connectivity index (χ3v) is 6.01. The fourth-order valence-electron chi connectivity index (χ4n) is 1.60. The largest absolute Gasteiger partial charge is 0.494 e. The van der Waals surface area contributed by atoms with Crippen molar-refractivity contribution in [2.24, 2.45) is 0 Å². The molecule has 1 heterocycles. The van der Waals surface area contributed by atoms with Crippen LogP contribution in [0.2, 0.25) is 0 Å². The topological polar surface area (TPSA) is 55.4 Å². The minimum atomic E-state index is -3.47. The molecule has 0 amide bonds. The highest BCUT2D eigenvalue weighted by Gasteiger charge is 2.16. The van der Waals surface area contributed by atoms with Crippen molar-refractivity contribution in [2.75, 3.05) is 6.61 Å². The quantitative estimate of drug-likeness (QED) is 0.841. The van der Waals surface area contributed by atoms with E-state index in [0.29, 0.717) is 10.8 Å². The Labute approximate surface area is 131 Å². The smallest absolute Gasteiger partial charge is 0.250 e. The summed E-state index contributed by atoms with van der Waals surface area (Å²) in [5.41, 5.74) is 0.857. The normalized spacial score (nSPS) is 11.5. The number of hydrogen-bond donors (Lipinski definition) is 1. The maximum atomic E-state index is 12.1. The van der Waals surface area contributed by atoms with E-state index in [2.05, 4.69) is 20.7 Å². The van der Waals surface area contributed by atoms with Gasteiger partial charge in [0.1, 0.15) is 9.96 Å². The van der Waals surface area contributed by atoms with Crippen LogP contribution in [0.15, 0.2) is 44.4 Å². The minimum Gasteiger partial charge on any atom is -0.494 e. The second kappa shape index (κ2) is 6.71. The van der Waals surface area contributed by atoms with Gasteiger partial charge in [-0.15, -0.1) is 11.3 Å². The predicted molar refractivity (Wildman–Crippen MR) is 83.7 cm³/mol. The van der Waals surface area contributed by atoms with E-state index in [1.807, 2.05) is 31.2 Å². The van der Waals surface area contributed by atoms with Gasteiger partial charge in [-0.25, -0.2) is 13.1 Å². The molecule has 0 saturated heterocycles. The van der Waals surface area contributed by atoms with Crippen molar-refractivity contribution in [3.8, 4) is 5.75 Å². The summed E-state index contributed by atoms with van der Waals surface area (Å²) in [6.07, 6.45) is 0. The van der Waals surface area contributed by atoms with Crippen molar-refractivity contribution in [1.29, 1.82) is 0 Å². The molecule has 1 aromatic heterocycles. The highest BCUT2D eigenvalue weighted by atomic mass is 79.9. The van der Waals surface area contributed by atoms with E-state index in [1.54, 1.807) is 12.1 Å². The van der Waals surface area contributed by atoms with Gasteiger partial charge in [0.05, 0.1) is 10.4 Å². The maximum Gasteiger partial charge on any atom is 0.250 e. The number of halogens is 1. The lowest BCUT2D eigenvalue weighted by atomic mass is 10.2. The number of rotatable bonds is 6. The molecule has 2 rings (SSSR count). The van der Waals surface area contributed by atoms with E-state index in [1.165, 1.54) is 11.3 Å². The minimum absolute atomic E-state index is 0.235. The molecule has 0 spiro atoms. The Balaban J connectivity index is 2.06. The monoisotopic (exact) mass is 375 g/mol. The number of nitrogens with one attached hydrogen (secondary N) is 1. The molecule has 0 aliphatic carbocycles. The number of benzene rings is 1. The van der Waals surface area contributed by atoms with Crippen LogP contribution in [0.5, 0.6) is 5.75 Å². The fourth-order valence-corrected chi connectivity index (χ4v) is 4.68. The van der Waals surface area contributed by atoms with Gasteiger partial charge in [0.2, 0.25) is 10.0 Å². The summed E-state index contributed by atoms with van der Waals surface area (Å²) in [4.78, 5) is 0. The van der Waals surface area contributed by atoms with Crippen LogP contribution >= 0.6 is 27.3 Å². The van der Waals surface area contributed by atoms with Crippen LogP contribution in [0, 0.1) is 0 Å². The maximum absolute atomic E-state index is 12.1. The average Bonchev–Trinajstić information content (AvgIpc) is 2.85. The van der Waals surface area contributed by atoms with Gasteiger partial charge < -0.3 is 4.74 Å². The van der Waals surface area contributed by atoms with Gasteiger partial charge in [0.25, 0.3) is 0 Å². The molecule has 0 bridgehead atoms. The zero-order valence-corrected chi connectivity index (χ0v) is 14.0. The first-order valence-electron chi connectivity index (χ1n) is 5.98. The summed E-state index contributed by atoms with van der Waals surface area (Å²) < 4.78 is 33.2. The molecule has 20 heavy (non-hydrogen) atoms. The Bertz CT molecular complexity index is 682. The van der Waals surface area contributed by atoms with Gasteiger partial charge in [0.15, 0.2) is 0 Å². The highest BCUT2D eigenvalue weighted by Crippen LogP contribution is 2.26. The second-order valence-corrected chi connectivity index (χ2v) is 8.42. The average molecular weight is 376 g/mol. The van der Waals surface area contributed by atoms with Crippen LogP contribution in [-0.4, -0.2) is 15.0 Å². The summed E-state index contributed by atoms with van der Waals surface area (Å²) in [5.74, 6) is 0.739. The molecule has 0 saturated carbocycles. The first-order valence-corrected chi connectivity index (χ1v) is 9.07. The van der Waals surface area contributed by atoms with Gasteiger partial charge in [-0.1, -0.05) is 12.1 Å². The number of thiophene rings is 1. The Morgan fingerprint density at radius 1 is 1.30 bits per heavy atom. The van der Waals surface area contributed by atoms with Gasteiger partial charge >= 0.3 is 0 Å². The third-order valence-electron chi connectivity index (χ3n) is 2.49. The molecule has 0 radical (unpaired) electrons. The van der Waals surface area contributed by atoms with Crippen molar-refractivity contribution in [2.45, 2.75) is 17.7 Å². The van der Waals surface area contributed by atoms with Crippen molar-refractivity contribution in [1.82, 2.24) is 4.72 Å². The SMILES string of the molecule is CCOc1cccc(CNS(=O)(=O)c2ccc(Br)s2)c1. The number of ether oxygens (including phenoxy) is 1. The summed E-state index contributed by atoms with van der Waals surface area (Å²) in [6.45, 7) is 2.72. The first kappa shape index (κ1) is 15.5. The van der Waals surface area contributed by atoms with Gasteiger partial charge in [-0.3, -0.25) is 0 Å². The fraction of sp³-hybridized carbons (Fsp3) is 0.231. The van der Waals surface area contributed by atoms with Crippen molar-refractivity contribution in [3.63, 3.8) is 0 Å². The highest BCUT2D eigenvalue weighted by molar-refractivity contribution is 9.11. The van der Waals surface area contributed by atoms with Crippen LogP contribution in [0.3, 0.4) is 0 Å². The van der Waals surface area contributed by atoms with Gasteiger partial charge in [-0.2, -0.15) is 0 Å². The summed E-state index contributed by atoms with van der Waals surface area (Å²) in [7, 11) is -3.47. The zero-order valence-electron chi connectivity index (χ0n) is 10.8. The van der Waals surface area contributed by atoms with E-state index in [0.717, 1.165) is 15.1 Å². The molecular formula is C13H14BrNO3S2. The predicted octanol–water partition coefficient (Wildman–Crippen LogP) is 3.39. The van der Waals surface area contributed by atoms with Gasteiger partial charge in [0, 0.05) is 6.54 Å². The van der Waals surface area contributed by atoms with E-state index < -0.39 is 10.0 Å². The lowest BCUT2D eigenvalue weighted by molar-refractivity contribution is 0.340. The molecular weight excluding hydrogens is 362 g/mol. The van der Waals surface area contributed by atoms with E-state index in [-0.39, 0.29) is 6.54 Å². The van der Waals surface area contributed by atoms with E-state index >= 15 is 0 Å². The molecule has 2 aromatic rings. The van der Waals surface area contributed by atoms with E-state index in [4.69, 9.17) is 4.74 Å². The lowest BCUT2D eigenvalue weighted by Crippen LogP contribution is -2.22. The summed E-state index contributed by atoms with van der Waals surface area (Å²) >= 11 is 4.44. The van der Waals surface area contributed by atoms with Crippen LogP contribution in [0.1, 0.15) is 12.5 Å². The van der Waals surface area contributed by atoms with Crippen molar-refractivity contribution < 1.29 is 13.2 Å². The number of sulfonamides is 1. The molecule has 4 nitrogen and oxygen atoms in total. The Morgan fingerprint density at radius 3 is 2.75 bits per heavy atom. The van der Waals surface area contributed by atoms with Crippen LogP contribution in [-0.2, 0) is 16.6 Å². The Morgan fingerprint density at radius 2 is 2.10 bits per heavy atom. The molecule has 0 fully saturated rings. The first-order chi connectivity index (χ1) is 9.51. The molecule has 0 atom stereocenters. The number of hydrogen-bond acceptors (Lipinski definition) is 4. The van der Waals surface area contributed by atoms with E-state index in [9.17, 15) is 8.42 Å². The van der Waals surface area contributed by atoms with Crippen LogP contribution in [0.4, 0.5) is 0 Å². The lowest BCUT2D eigenvalue weighted by Gasteiger charge is -2.07. The third kappa shape index (κ3) is 4.05. The molecule has 1 N–H and O–H groups in total. The zero-order chi connectivity index (χ0) is 14.6. The summed E-state index contributed by atoms with van der Waals surface area (Å²) in [6, 6.07) is 10.7. The van der Waals surface area contributed by atoms with Crippen molar-refractivity contribution in [3.05, 3.63) is 45.7 Å².